The van der Waals surface area contributed by atoms with E-state index in [0.717, 1.165) is 19.3 Å². The lowest BCUT2D eigenvalue weighted by atomic mass is 9.92. The van der Waals surface area contributed by atoms with Crippen molar-refractivity contribution >= 4 is 0 Å². The lowest BCUT2D eigenvalue weighted by molar-refractivity contribution is 0.0371. The molecular formula is C16H34O. The van der Waals surface area contributed by atoms with E-state index in [9.17, 15) is 5.11 Å². The maximum absolute atomic E-state index is 10.1. The van der Waals surface area contributed by atoms with Crippen LogP contribution in [0.15, 0.2) is 0 Å². The Morgan fingerprint density at radius 1 is 0.647 bits per heavy atom. The van der Waals surface area contributed by atoms with Gasteiger partial charge in [0.1, 0.15) is 0 Å². The summed E-state index contributed by atoms with van der Waals surface area (Å²) in [5.74, 6) is 0. The SMILES string of the molecule is CCCCCCCCCCC(C)(O)CCCC. The molecule has 0 bridgehead atoms. The minimum Gasteiger partial charge on any atom is -0.390 e. The van der Waals surface area contributed by atoms with Crippen molar-refractivity contribution in [1.29, 1.82) is 0 Å². The van der Waals surface area contributed by atoms with Gasteiger partial charge in [0, 0.05) is 0 Å². The van der Waals surface area contributed by atoms with Gasteiger partial charge in [-0.1, -0.05) is 78.1 Å². The van der Waals surface area contributed by atoms with Crippen molar-refractivity contribution in [3.05, 3.63) is 0 Å². The predicted molar refractivity (Wildman–Crippen MR) is 77.4 cm³/mol. The first-order chi connectivity index (χ1) is 8.12. The van der Waals surface area contributed by atoms with Gasteiger partial charge in [-0.15, -0.1) is 0 Å². The van der Waals surface area contributed by atoms with Gasteiger partial charge in [0.2, 0.25) is 0 Å². The van der Waals surface area contributed by atoms with Crippen LogP contribution < -0.4 is 0 Å². The smallest absolute Gasteiger partial charge is 0.0619 e. The van der Waals surface area contributed by atoms with Crippen LogP contribution in [0, 0.1) is 0 Å². The summed E-state index contributed by atoms with van der Waals surface area (Å²) in [5.41, 5.74) is -0.405. The molecule has 0 aromatic rings. The minimum atomic E-state index is -0.405. The summed E-state index contributed by atoms with van der Waals surface area (Å²) in [6.45, 7) is 6.45. The molecule has 0 rings (SSSR count). The first kappa shape index (κ1) is 17.0. The Morgan fingerprint density at radius 2 is 1.06 bits per heavy atom. The van der Waals surface area contributed by atoms with Crippen LogP contribution in [0.4, 0.5) is 0 Å². The second-order valence-electron chi connectivity index (χ2n) is 5.83. The Hall–Kier alpha value is -0.0400. The maximum Gasteiger partial charge on any atom is 0.0619 e. The van der Waals surface area contributed by atoms with Gasteiger partial charge in [-0.05, 0) is 19.8 Å². The average molecular weight is 242 g/mol. The second-order valence-corrected chi connectivity index (χ2v) is 5.83. The maximum atomic E-state index is 10.1. The molecule has 0 radical (unpaired) electrons. The Kier molecular flexibility index (Phi) is 11.0. The molecule has 0 aromatic heterocycles. The van der Waals surface area contributed by atoms with E-state index in [4.69, 9.17) is 0 Å². The van der Waals surface area contributed by atoms with Crippen molar-refractivity contribution in [2.75, 3.05) is 0 Å². The molecule has 104 valence electrons. The molecule has 0 aliphatic rings. The van der Waals surface area contributed by atoms with Crippen molar-refractivity contribution in [2.24, 2.45) is 0 Å². The van der Waals surface area contributed by atoms with Gasteiger partial charge in [0.25, 0.3) is 0 Å². The highest BCUT2D eigenvalue weighted by Gasteiger charge is 2.18. The molecule has 1 nitrogen and oxygen atoms in total. The summed E-state index contributed by atoms with van der Waals surface area (Å²) < 4.78 is 0. The molecule has 1 unspecified atom stereocenters. The molecule has 0 aliphatic carbocycles. The topological polar surface area (TPSA) is 20.2 Å². The van der Waals surface area contributed by atoms with Crippen LogP contribution in [0.5, 0.6) is 0 Å². The zero-order valence-corrected chi connectivity index (χ0v) is 12.4. The minimum absolute atomic E-state index is 0.405. The second kappa shape index (κ2) is 11.1. The number of rotatable bonds is 12. The van der Waals surface area contributed by atoms with Gasteiger partial charge >= 0.3 is 0 Å². The van der Waals surface area contributed by atoms with Crippen LogP contribution in [-0.2, 0) is 0 Å². The quantitative estimate of drug-likeness (QED) is 0.451. The van der Waals surface area contributed by atoms with Gasteiger partial charge in [0.05, 0.1) is 5.60 Å². The highest BCUT2D eigenvalue weighted by molar-refractivity contribution is 4.71. The summed E-state index contributed by atoms with van der Waals surface area (Å²) in [7, 11) is 0. The van der Waals surface area contributed by atoms with Gasteiger partial charge in [-0.25, -0.2) is 0 Å². The number of hydrogen-bond acceptors (Lipinski definition) is 1. The first-order valence-electron chi connectivity index (χ1n) is 7.84. The summed E-state index contributed by atoms with van der Waals surface area (Å²) >= 11 is 0. The van der Waals surface area contributed by atoms with Crippen LogP contribution in [-0.4, -0.2) is 10.7 Å². The Bertz CT molecular complexity index is 152. The summed E-state index contributed by atoms with van der Waals surface area (Å²) in [4.78, 5) is 0. The van der Waals surface area contributed by atoms with Crippen molar-refractivity contribution in [1.82, 2.24) is 0 Å². The van der Waals surface area contributed by atoms with E-state index in [1.54, 1.807) is 0 Å². The fraction of sp³-hybridized carbons (Fsp3) is 1.00. The lowest BCUT2D eigenvalue weighted by Gasteiger charge is -2.22. The van der Waals surface area contributed by atoms with Gasteiger partial charge < -0.3 is 5.11 Å². The van der Waals surface area contributed by atoms with E-state index in [1.807, 2.05) is 6.92 Å². The largest absolute Gasteiger partial charge is 0.390 e. The molecule has 0 aromatic carbocycles. The summed E-state index contributed by atoms with van der Waals surface area (Å²) in [5, 5.41) is 10.1. The van der Waals surface area contributed by atoms with Crippen LogP contribution in [0.25, 0.3) is 0 Å². The molecule has 0 fully saturated rings. The molecule has 1 N–H and O–H groups in total. The van der Waals surface area contributed by atoms with Gasteiger partial charge in [-0.3, -0.25) is 0 Å². The fourth-order valence-electron chi connectivity index (χ4n) is 2.32. The van der Waals surface area contributed by atoms with Crippen LogP contribution >= 0.6 is 0 Å². The zero-order chi connectivity index (χ0) is 13.0. The third kappa shape index (κ3) is 12.2. The predicted octanol–water partition coefficient (Wildman–Crippen LogP) is 5.46. The van der Waals surface area contributed by atoms with E-state index < -0.39 is 5.60 Å². The average Bonchev–Trinajstić information content (AvgIpc) is 2.30. The Balaban J connectivity index is 3.26. The van der Waals surface area contributed by atoms with Crippen molar-refractivity contribution < 1.29 is 5.11 Å². The molecule has 0 amide bonds. The fourth-order valence-corrected chi connectivity index (χ4v) is 2.32. The summed E-state index contributed by atoms with van der Waals surface area (Å²) in [6.07, 6.45) is 15.1. The normalized spacial score (nSPS) is 14.8. The van der Waals surface area contributed by atoms with Crippen LogP contribution in [0.2, 0.25) is 0 Å². The van der Waals surface area contributed by atoms with E-state index >= 15 is 0 Å². The highest BCUT2D eigenvalue weighted by atomic mass is 16.3. The standard InChI is InChI=1S/C16H34O/c1-4-6-8-9-10-11-12-13-15-16(3,17)14-7-5-2/h17H,4-15H2,1-3H3. The Labute approximate surface area is 109 Å². The number of aliphatic hydroxyl groups is 1. The van der Waals surface area contributed by atoms with E-state index in [-0.39, 0.29) is 0 Å². The van der Waals surface area contributed by atoms with Crippen molar-refractivity contribution in [3.63, 3.8) is 0 Å². The van der Waals surface area contributed by atoms with Crippen molar-refractivity contribution in [2.45, 2.75) is 103 Å². The summed E-state index contributed by atoms with van der Waals surface area (Å²) in [6, 6.07) is 0. The monoisotopic (exact) mass is 242 g/mol. The van der Waals surface area contributed by atoms with E-state index in [0.29, 0.717) is 0 Å². The number of unbranched alkanes of at least 4 members (excludes halogenated alkanes) is 8. The first-order valence-corrected chi connectivity index (χ1v) is 7.84. The van der Waals surface area contributed by atoms with Crippen LogP contribution in [0.1, 0.15) is 97.8 Å². The lowest BCUT2D eigenvalue weighted by Crippen LogP contribution is -2.23. The third-order valence-corrected chi connectivity index (χ3v) is 3.64. The zero-order valence-electron chi connectivity index (χ0n) is 12.4. The molecule has 0 saturated carbocycles. The van der Waals surface area contributed by atoms with Crippen molar-refractivity contribution in [3.8, 4) is 0 Å². The molecule has 0 aliphatic heterocycles. The Morgan fingerprint density at radius 3 is 1.59 bits per heavy atom. The molecule has 0 saturated heterocycles. The van der Waals surface area contributed by atoms with E-state index in [2.05, 4.69) is 13.8 Å². The van der Waals surface area contributed by atoms with Gasteiger partial charge in [-0.2, -0.15) is 0 Å². The molecule has 1 heteroatoms. The molecular weight excluding hydrogens is 208 g/mol. The van der Waals surface area contributed by atoms with E-state index in [1.165, 1.54) is 57.8 Å². The molecule has 0 heterocycles. The molecule has 0 spiro atoms. The van der Waals surface area contributed by atoms with Crippen LogP contribution in [0.3, 0.4) is 0 Å². The molecule has 1 atom stereocenters. The number of hydrogen-bond donors (Lipinski definition) is 1. The third-order valence-electron chi connectivity index (χ3n) is 3.64. The highest BCUT2D eigenvalue weighted by Crippen LogP contribution is 2.21. The molecule has 17 heavy (non-hydrogen) atoms. The van der Waals surface area contributed by atoms with Gasteiger partial charge in [0.15, 0.2) is 0 Å².